The molecule has 0 amide bonds. The topological polar surface area (TPSA) is 107 Å². The van der Waals surface area contributed by atoms with Gasteiger partial charge in [-0.3, -0.25) is 4.79 Å². The van der Waals surface area contributed by atoms with Gasteiger partial charge in [0.2, 0.25) is 0 Å². The Bertz CT molecular complexity index is 1620. The van der Waals surface area contributed by atoms with Crippen LogP contribution in [0, 0.1) is 6.92 Å². The molecule has 9 nitrogen and oxygen atoms in total. The molecular weight excluding hydrogens is 480 g/mol. The molecule has 0 saturated heterocycles. The zero-order valence-corrected chi connectivity index (χ0v) is 21.8. The second-order valence-corrected chi connectivity index (χ2v) is 9.18. The standard InChI is InChI=1S/C29H30N6O3/c1-5-24(37)23-15-26(31-16-19-7-6-8-21(13-19)28-30-11-12-34(28)3)35-29(32-23)27(18(2)33-35)20-9-10-25(38-4)22(14-20)17-36/h6-15,17,24,31,37H,5,16H2,1-4H3. The predicted octanol–water partition coefficient (Wildman–Crippen LogP) is 4.98. The molecule has 0 radical (unpaired) electrons. The van der Waals surface area contributed by atoms with Gasteiger partial charge in [0, 0.05) is 43.2 Å². The van der Waals surface area contributed by atoms with Crippen LogP contribution in [0.25, 0.3) is 28.2 Å². The van der Waals surface area contributed by atoms with Gasteiger partial charge in [0.05, 0.1) is 30.2 Å². The van der Waals surface area contributed by atoms with E-state index in [-0.39, 0.29) is 0 Å². The second-order valence-electron chi connectivity index (χ2n) is 9.18. The summed E-state index contributed by atoms with van der Waals surface area (Å²) in [5.74, 6) is 2.11. The summed E-state index contributed by atoms with van der Waals surface area (Å²) in [7, 11) is 3.51. The molecular formula is C29H30N6O3. The number of aldehydes is 1. The van der Waals surface area contributed by atoms with Crippen molar-refractivity contribution in [2.45, 2.75) is 32.9 Å². The summed E-state index contributed by atoms with van der Waals surface area (Å²) in [6, 6.07) is 15.5. The van der Waals surface area contributed by atoms with E-state index in [2.05, 4.69) is 22.4 Å². The van der Waals surface area contributed by atoms with Crippen LogP contribution in [0.15, 0.2) is 60.9 Å². The second kappa shape index (κ2) is 10.5. The van der Waals surface area contributed by atoms with Crippen molar-refractivity contribution in [2.75, 3.05) is 12.4 Å². The number of hydrogen-bond donors (Lipinski definition) is 2. The van der Waals surface area contributed by atoms with Crippen LogP contribution >= 0.6 is 0 Å². The molecule has 9 heteroatoms. The number of methoxy groups -OCH3 is 1. The van der Waals surface area contributed by atoms with E-state index in [9.17, 15) is 9.90 Å². The van der Waals surface area contributed by atoms with Crippen LogP contribution in [0.1, 0.15) is 46.8 Å². The normalized spacial score (nSPS) is 12.0. The Morgan fingerprint density at radius 2 is 2.00 bits per heavy atom. The van der Waals surface area contributed by atoms with Crippen molar-refractivity contribution in [3.8, 4) is 28.3 Å². The SMILES string of the molecule is CCC(O)c1cc(NCc2cccc(-c3nccn3C)c2)n2nc(C)c(-c3ccc(OC)c(C=O)c3)c2n1. The fourth-order valence-electron chi connectivity index (χ4n) is 4.62. The number of aromatic nitrogens is 5. The molecule has 194 valence electrons. The maximum atomic E-state index is 11.7. The van der Waals surface area contributed by atoms with E-state index < -0.39 is 6.10 Å². The lowest BCUT2D eigenvalue weighted by Gasteiger charge is -2.14. The van der Waals surface area contributed by atoms with Gasteiger partial charge in [0.15, 0.2) is 11.9 Å². The molecule has 3 heterocycles. The molecule has 0 fully saturated rings. The average Bonchev–Trinajstić information content (AvgIpc) is 3.52. The van der Waals surface area contributed by atoms with Crippen molar-refractivity contribution in [1.82, 2.24) is 24.1 Å². The van der Waals surface area contributed by atoms with Crippen molar-refractivity contribution < 1.29 is 14.6 Å². The third-order valence-corrected chi connectivity index (χ3v) is 6.64. The Morgan fingerprint density at radius 3 is 2.71 bits per heavy atom. The number of carbonyl (C=O) groups is 1. The summed E-state index contributed by atoms with van der Waals surface area (Å²) in [6.45, 7) is 4.35. The summed E-state index contributed by atoms with van der Waals surface area (Å²) >= 11 is 0. The highest BCUT2D eigenvalue weighted by atomic mass is 16.5. The Morgan fingerprint density at radius 1 is 1.16 bits per heavy atom. The molecule has 1 atom stereocenters. The largest absolute Gasteiger partial charge is 0.496 e. The van der Waals surface area contributed by atoms with Crippen molar-refractivity contribution in [1.29, 1.82) is 0 Å². The minimum absolute atomic E-state index is 0.444. The van der Waals surface area contributed by atoms with E-state index in [1.165, 1.54) is 7.11 Å². The molecule has 0 spiro atoms. The number of imidazole rings is 1. The molecule has 38 heavy (non-hydrogen) atoms. The van der Waals surface area contributed by atoms with Gasteiger partial charge < -0.3 is 19.7 Å². The van der Waals surface area contributed by atoms with E-state index >= 15 is 0 Å². The highest BCUT2D eigenvalue weighted by Crippen LogP contribution is 2.33. The van der Waals surface area contributed by atoms with E-state index in [1.807, 2.05) is 55.9 Å². The van der Waals surface area contributed by atoms with Crippen molar-refractivity contribution in [3.05, 3.63) is 83.4 Å². The first-order chi connectivity index (χ1) is 18.4. The van der Waals surface area contributed by atoms with Gasteiger partial charge in [0.25, 0.3) is 0 Å². The minimum atomic E-state index is -0.725. The Kier molecular flexibility index (Phi) is 6.93. The maximum absolute atomic E-state index is 11.7. The van der Waals surface area contributed by atoms with E-state index in [0.717, 1.165) is 40.1 Å². The highest BCUT2D eigenvalue weighted by molar-refractivity contribution is 5.87. The van der Waals surface area contributed by atoms with Crippen molar-refractivity contribution >= 4 is 17.8 Å². The number of anilines is 1. The number of hydrogen-bond acceptors (Lipinski definition) is 7. The third-order valence-electron chi connectivity index (χ3n) is 6.64. The average molecular weight is 511 g/mol. The number of rotatable bonds is 9. The van der Waals surface area contributed by atoms with Crippen LogP contribution in [0.5, 0.6) is 5.75 Å². The number of aliphatic hydroxyl groups excluding tert-OH is 1. The van der Waals surface area contributed by atoms with Gasteiger partial charge in [-0.2, -0.15) is 9.61 Å². The van der Waals surface area contributed by atoms with Crippen molar-refractivity contribution in [2.24, 2.45) is 7.05 Å². The van der Waals surface area contributed by atoms with Crippen LogP contribution in [-0.2, 0) is 13.6 Å². The van der Waals surface area contributed by atoms with E-state index in [1.54, 1.807) is 22.8 Å². The molecule has 0 aliphatic carbocycles. The number of fused-ring (bicyclic) bond motifs is 1. The van der Waals surface area contributed by atoms with Gasteiger partial charge in [-0.05, 0) is 42.7 Å². The lowest BCUT2D eigenvalue weighted by Crippen LogP contribution is -2.09. The zero-order valence-electron chi connectivity index (χ0n) is 21.8. The lowest BCUT2D eigenvalue weighted by atomic mass is 10.0. The smallest absolute Gasteiger partial charge is 0.165 e. The van der Waals surface area contributed by atoms with Gasteiger partial charge in [0.1, 0.15) is 17.4 Å². The van der Waals surface area contributed by atoms with Gasteiger partial charge in [-0.1, -0.05) is 31.2 Å². The molecule has 0 saturated carbocycles. The Hall–Kier alpha value is -4.50. The molecule has 0 aliphatic rings. The van der Waals surface area contributed by atoms with Crippen LogP contribution in [0.2, 0.25) is 0 Å². The number of benzene rings is 2. The first-order valence-electron chi connectivity index (χ1n) is 12.5. The van der Waals surface area contributed by atoms with E-state index in [4.69, 9.17) is 14.8 Å². The lowest BCUT2D eigenvalue weighted by molar-refractivity contribution is 0.112. The quantitative estimate of drug-likeness (QED) is 0.269. The molecule has 0 bridgehead atoms. The minimum Gasteiger partial charge on any atom is -0.496 e. The number of nitrogens with one attached hydrogen (secondary N) is 1. The van der Waals surface area contributed by atoms with Crippen LogP contribution in [0.3, 0.4) is 0 Å². The molecule has 2 aromatic carbocycles. The zero-order chi connectivity index (χ0) is 26.8. The number of ether oxygens (including phenoxy) is 1. The number of aliphatic hydroxyl groups is 1. The number of nitrogens with zero attached hydrogens (tertiary/aromatic N) is 5. The fraction of sp³-hybridized carbons (Fsp3) is 0.241. The first kappa shape index (κ1) is 25.2. The molecule has 3 aromatic heterocycles. The highest BCUT2D eigenvalue weighted by Gasteiger charge is 2.20. The first-order valence-corrected chi connectivity index (χ1v) is 12.5. The summed E-state index contributed by atoms with van der Waals surface area (Å²) in [5.41, 5.74) is 6.03. The Labute approximate surface area is 220 Å². The van der Waals surface area contributed by atoms with Gasteiger partial charge >= 0.3 is 0 Å². The molecule has 2 N–H and O–H groups in total. The summed E-state index contributed by atoms with van der Waals surface area (Å²) in [6.07, 6.45) is 4.28. The van der Waals surface area contributed by atoms with Gasteiger partial charge in [-0.15, -0.1) is 0 Å². The fourth-order valence-corrected chi connectivity index (χ4v) is 4.62. The van der Waals surface area contributed by atoms with Crippen molar-refractivity contribution in [3.63, 3.8) is 0 Å². The number of aryl methyl sites for hydroxylation is 2. The monoisotopic (exact) mass is 510 g/mol. The third kappa shape index (κ3) is 4.64. The van der Waals surface area contributed by atoms with Gasteiger partial charge in [-0.25, -0.2) is 9.97 Å². The molecule has 1 unspecified atom stereocenters. The van der Waals surface area contributed by atoms with Crippen LogP contribution in [-0.4, -0.2) is 42.7 Å². The molecule has 5 rings (SSSR count). The number of carbonyl (C=O) groups excluding carboxylic acids is 1. The summed E-state index contributed by atoms with van der Waals surface area (Å²) in [5, 5.41) is 19.0. The maximum Gasteiger partial charge on any atom is 0.165 e. The molecule has 0 aliphatic heterocycles. The van der Waals surface area contributed by atoms with E-state index in [0.29, 0.717) is 41.4 Å². The summed E-state index contributed by atoms with van der Waals surface area (Å²) in [4.78, 5) is 20.9. The van der Waals surface area contributed by atoms with Crippen LogP contribution in [0.4, 0.5) is 5.82 Å². The Balaban J connectivity index is 1.56. The van der Waals surface area contributed by atoms with Crippen LogP contribution < -0.4 is 10.1 Å². The predicted molar refractivity (Wildman–Crippen MR) is 146 cm³/mol. The summed E-state index contributed by atoms with van der Waals surface area (Å²) < 4.78 is 9.05. The molecule has 5 aromatic rings.